The van der Waals surface area contributed by atoms with E-state index in [9.17, 15) is 14.3 Å². The van der Waals surface area contributed by atoms with E-state index in [0.29, 0.717) is 36.8 Å². The van der Waals surface area contributed by atoms with Crippen LogP contribution in [0.25, 0.3) is 11.1 Å². The van der Waals surface area contributed by atoms with Crippen LogP contribution in [-0.2, 0) is 19.5 Å². The van der Waals surface area contributed by atoms with Gasteiger partial charge in [0, 0.05) is 12.1 Å². The molecule has 0 atom stereocenters. The van der Waals surface area contributed by atoms with Crippen molar-refractivity contribution in [2.24, 2.45) is 5.73 Å². The first-order valence-electron chi connectivity index (χ1n) is 10.0. The monoisotopic (exact) mass is 411 g/mol. The zero-order valence-corrected chi connectivity index (χ0v) is 17.2. The first-order valence-corrected chi connectivity index (χ1v) is 10.0. The van der Waals surface area contributed by atoms with Crippen molar-refractivity contribution < 1.29 is 19.0 Å². The molecule has 0 amide bonds. The van der Waals surface area contributed by atoms with Gasteiger partial charge in [-0.1, -0.05) is 44.2 Å². The van der Waals surface area contributed by atoms with Gasteiger partial charge in [-0.25, -0.2) is 9.18 Å². The van der Waals surface area contributed by atoms with Crippen molar-refractivity contribution in [3.8, 4) is 17.1 Å². The number of ether oxygens (including phenoxy) is 1. The van der Waals surface area contributed by atoms with Crippen molar-refractivity contribution in [3.63, 3.8) is 0 Å². The fourth-order valence-electron chi connectivity index (χ4n) is 3.45. The molecule has 0 aliphatic rings. The maximum Gasteiger partial charge on any atom is 0.336 e. The number of nitrogens with zero attached hydrogens (tertiary/aromatic N) is 2. The molecule has 2 aromatic carbocycles. The van der Waals surface area contributed by atoms with Crippen LogP contribution < -0.4 is 10.5 Å². The quantitative estimate of drug-likeness (QED) is 0.549. The van der Waals surface area contributed by atoms with Crippen LogP contribution in [0.5, 0.6) is 6.01 Å². The molecule has 0 bridgehead atoms. The fourth-order valence-corrected chi connectivity index (χ4v) is 3.45. The van der Waals surface area contributed by atoms with Gasteiger partial charge in [-0.15, -0.1) is 0 Å². The van der Waals surface area contributed by atoms with Gasteiger partial charge >= 0.3 is 5.97 Å². The molecule has 3 rings (SSSR count). The van der Waals surface area contributed by atoms with Crippen LogP contribution in [0.4, 0.5) is 4.39 Å². The Morgan fingerprint density at radius 1 is 1.20 bits per heavy atom. The molecule has 0 saturated carbocycles. The molecule has 3 N–H and O–H groups in total. The molecule has 0 radical (unpaired) electrons. The second-order valence-electron chi connectivity index (χ2n) is 6.94. The van der Waals surface area contributed by atoms with Gasteiger partial charge in [-0.2, -0.15) is 4.98 Å². The smallest absolute Gasteiger partial charge is 0.336 e. The van der Waals surface area contributed by atoms with E-state index in [1.54, 1.807) is 30.3 Å². The molecule has 0 spiro atoms. The number of benzene rings is 2. The highest BCUT2D eigenvalue weighted by molar-refractivity contribution is 5.96. The molecular weight excluding hydrogens is 385 g/mol. The summed E-state index contributed by atoms with van der Waals surface area (Å²) in [5.41, 5.74) is 9.05. The number of rotatable bonds is 9. The molecule has 0 aliphatic heterocycles. The summed E-state index contributed by atoms with van der Waals surface area (Å²) >= 11 is 0. The Morgan fingerprint density at radius 3 is 2.60 bits per heavy atom. The minimum Gasteiger partial charge on any atom is -0.478 e. The normalized spacial score (nSPS) is 10.9. The zero-order valence-electron chi connectivity index (χ0n) is 17.2. The van der Waals surface area contributed by atoms with Gasteiger partial charge in [-0.3, -0.25) is 4.57 Å². The number of carboxylic acid groups (broad SMARTS) is 1. The molecule has 0 saturated heterocycles. The van der Waals surface area contributed by atoms with Crippen molar-refractivity contribution in [2.45, 2.75) is 39.8 Å². The summed E-state index contributed by atoms with van der Waals surface area (Å²) < 4.78 is 22.6. The Kier molecular flexibility index (Phi) is 6.84. The summed E-state index contributed by atoms with van der Waals surface area (Å²) in [6.07, 6.45) is 1.57. The summed E-state index contributed by atoms with van der Waals surface area (Å²) in [7, 11) is 0. The predicted molar refractivity (Wildman–Crippen MR) is 113 cm³/mol. The fraction of sp³-hybridized carbons (Fsp3) is 0.304. The number of hydrogen-bond acceptors (Lipinski definition) is 4. The van der Waals surface area contributed by atoms with Gasteiger partial charge in [0.1, 0.15) is 5.82 Å². The van der Waals surface area contributed by atoms with Crippen molar-refractivity contribution in [1.29, 1.82) is 0 Å². The number of imidazole rings is 1. The summed E-state index contributed by atoms with van der Waals surface area (Å²) in [5, 5.41) is 9.39. The first-order chi connectivity index (χ1) is 14.5. The Morgan fingerprint density at radius 2 is 1.97 bits per heavy atom. The Bertz CT molecular complexity index is 1050. The molecule has 1 heterocycles. The SMILES string of the molecule is CCCOc1nc(CC)c(CN)n1Cc1ccc(-c2ccccc2C(=O)O)c(F)c1. The van der Waals surface area contributed by atoms with Gasteiger partial charge in [0.15, 0.2) is 0 Å². The summed E-state index contributed by atoms with van der Waals surface area (Å²) in [5.74, 6) is -1.58. The number of halogens is 1. The first kappa shape index (κ1) is 21.5. The van der Waals surface area contributed by atoms with Crippen molar-refractivity contribution >= 4 is 5.97 Å². The number of aryl methyl sites for hydroxylation is 1. The molecular formula is C23H26FN3O3. The highest BCUT2D eigenvalue weighted by atomic mass is 19.1. The zero-order chi connectivity index (χ0) is 21.7. The average molecular weight is 411 g/mol. The highest BCUT2D eigenvalue weighted by Crippen LogP contribution is 2.28. The molecule has 0 aliphatic carbocycles. The standard InChI is InChI=1S/C23H26FN3O3/c1-3-11-30-23-26-20(4-2)21(13-25)27(23)14-15-9-10-17(19(24)12-15)16-7-5-6-8-18(16)22(28)29/h5-10,12H,3-4,11,13-14,25H2,1-2H3,(H,28,29). The van der Waals surface area contributed by atoms with Gasteiger partial charge in [-0.05, 0) is 36.1 Å². The molecule has 7 heteroatoms. The van der Waals surface area contributed by atoms with E-state index in [4.69, 9.17) is 10.5 Å². The lowest BCUT2D eigenvalue weighted by Gasteiger charge is -2.13. The summed E-state index contributed by atoms with van der Waals surface area (Å²) in [6, 6.07) is 11.7. The molecule has 0 fully saturated rings. The van der Waals surface area contributed by atoms with Crippen LogP contribution in [-0.4, -0.2) is 27.2 Å². The molecule has 6 nitrogen and oxygen atoms in total. The third-order valence-electron chi connectivity index (χ3n) is 4.91. The molecule has 158 valence electrons. The number of hydrogen-bond donors (Lipinski definition) is 2. The van der Waals surface area contributed by atoms with E-state index >= 15 is 0 Å². The third kappa shape index (κ3) is 4.36. The van der Waals surface area contributed by atoms with Crippen LogP contribution in [0.15, 0.2) is 42.5 Å². The summed E-state index contributed by atoms with van der Waals surface area (Å²) in [6.45, 7) is 5.21. The number of aromatic carboxylic acids is 1. The molecule has 1 aromatic heterocycles. The number of carboxylic acids is 1. The third-order valence-corrected chi connectivity index (χ3v) is 4.91. The van der Waals surface area contributed by atoms with Crippen molar-refractivity contribution in [1.82, 2.24) is 9.55 Å². The van der Waals surface area contributed by atoms with E-state index in [1.165, 1.54) is 12.1 Å². The van der Waals surface area contributed by atoms with E-state index in [-0.39, 0.29) is 11.1 Å². The maximum atomic E-state index is 15.0. The number of carbonyl (C=O) groups is 1. The van der Waals surface area contributed by atoms with Crippen LogP contribution in [0.1, 0.15) is 47.6 Å². The van der Waals surface area contributed by atoms with Crippen LogP contribution in [0.2, 0.25) is 0 Å². The van der Waals surface area contributed by atoms with E-state index in [0.717, 1.165) is 24.2 Å². The number of aromatic nitrogens is 2. The molecule has 30 heavy (non-hydrogen) atoms. The lowest BCUT2D eigenvalue weighted by Crippen LogP contribution is -2.12. The summed E-state index contributed by atoms with van der Waals surface area (Å²) in [4.78, 5) is 16.0. The number of nitrogens with two attached hydrogens (primary N) is 1. The average Bonchev–Trinajstić information content (AvgIpc) is 3.08. The molecule has 0 unspecified atom stereocenters. The van der Waals surface area contributed by atoms with E-state index < -0.39 is 11.8 Å². The van der Waals surface area contributed by atoms with Crippen molar-refractivity contribution in [3.05, 3.63) is 70.8 Å². The van der Waals surface area contributed by atoms with Crippen LogP contribution in [0.3, 0.4) is 0 Å². The second-order valence-corrected chi connectivity index (χ2v) is 6.94. The topological polar surface area (TPSA) is 90.4 Å². The minimum absolute atomic E-state index is 0.0621. The van der Waals surface area contributed by atoms with Crippen LogP contribution in [0, 0.1) is 5.82 Å². The lowest BCUT2D eigenvalue weighted by atomic mass is 9.98. The Labute approximate surface area is 175 Å². The van der Waals surface area contributed by atoms with Gasteiger partial charge in [0.25, 0.3) is 6.01 Å². The van der Waals surface area contributed by atoms with Gasteiger partial charge in [0.05, 0.1) is 30.1 Å². The Balaban J connectivity index is 1.97. The van der Waals surface area contributed by atoms with Crippen LogP contribution >= 0.6 is 0 Å². The van der Waals surface area contributed by atoms with Gasteiger partial charge in [0.2, 0.25) is 0 Å². The maximum absolute atomic E-state index is 15.0. The molecule has 3 aromatic rings. The largest absolute Gasteiger partial charge is 0.478 e. The highest BCUT2D eigenvalue weighted by Gasteiger charge is 2.18. The lowest BCUT2D eigenvalue weighted by molar-refractivity contribution is 0.0697. The van der Waals surface area contributed by atoms with Gasteiger partial charge < -0.3 is 15.6 Å². The van der Waals surface area contributed by atoms with Crippen molar-refractivity contribution in [2.75, 3.05) is 6.61 Å². The van der Waals surface area contributed by atoms with E-state index in [2.05, 4.69) is 4.98 Å². The Hall–Kier alpha value is -3.19. The second kappa shape index (κ2) is 9.54. The minimum atomic E-state index is -1.09. The van der Waals surface area contributed by atoms with E-state index in [1.807, 2.05) is 18.4 Å². The predicted octanol–water partition coefficient (Wildman–Crippen LogP) is 4.25.